The van der Waals surface area contributed by atoms with Gasteiger partial charge in [-0.15, -0.1) is 0 Å². The number of hydrogen-bond acceptors (Lipinski definition) is 5. The second kappa shape index (κ2) is 6.98. The number of ether oxygens (including phenoxy) is 3. The van der Waals surface area contributed by atoms with Crippen LogP contribution in [0.3, 0.4) is 0 Å². The van der Waals surface area contributed by atoms with Crippen LogP contribution in [0.15, 0.2) is 18.2 Å². The van der Waals surface area contributed by atoms with Crippen molar-refractivity contribution in [3.8, 4) is 17.6 Å². The van der Waals surface area contributed by atoms with E-state index in [-0.39, 0.29) is 6.04 Å². The standard InChI is InChI=1S/C14H18N2O3/c1-17-6-2-5-16-12(10-15)11-3-4-13-14(9-11)19-8-7-18-13/h3-4,9,12,16H,2,5-8H2,1H3. The number of nitrogens with one attached hydrogen (secondary N) is 1. The Balaban J connectivity index is 2.00. The maximum absolute atomic E-state index is 9.22. The molecule has 0 saturated heterocycles. The number of nitrogens with zero attached hydrogens (tertiary/aromatic N) is 1. The van der Waals surface area contributed by atoms with Crippen molar-refractivity contribution in [1.82, 2.24) is 5.32 Å². The Kier molecular flexibility index (Phi) is 5.01. The van der Waals surface area contributed by atoms with E-state index in [1.165, 1.54) is 0 Å². The van der Waals surface area contributed by atoms with E-state index in [1.54, 1.807) is 7.11 Å². The minimum absolute atomic E-state index is 0.340. The van der Waals surface area contributed by atoms with Gasteiger partial charge in [0.2, 0.25) is 0 Å². The van der Waals surface area contributed by atoms with Gasteiger partial charge in [-0.05, 0) is 30.7 Å². The zero-order chi connectivity index (χ0) is 13.5. The van der Waals surface area contributed by atoms with Crippen molar-refractivity contribution in [3.05, 3.63) is 23.8 Å². The Morgan fingerprint density at radius 2 is 2.16 bits per heavy atom. The molecule has 1 heterocycles. The third kappa shape index (κ3) is 3.60. The average molecular weight is 262 g/mol. The third-order valence-electron chi connectivity index (χ3n) is 2.90. The Morgan fingerprint density at radius 1 is 1.37 bits per heavy atom. The zero-order valence-electron chi connectivity index (χ0n) is 11.0. The Morgan fingerprint density at radius 3 is 2.89 bits per heavy atom. The number of rotatable bonds is 6. The second-order valence-electron chi connectivity index (χ2n) is 4.27. The predicted molar refractivity (Wildman–Crippen MR) is 70.3 cm³/mol. The van der Waals surface area contributed by atoms with Gasteiger partial charge in [0.25, 0.3) is 0 Å². The molecule has 1 aromatic carbocycles. The summed E-state index contributed by atoms with van der Waals surface area (Å²) in [6.45, 7) is 2.55. The SMILES string of the molecule is COCCCNC(C#N)c1ccc2c(c1)OCCO2. The van der Waals surface area contributed by atoms with Crippen molar-refractivity contribution in [2.45, 2.75) is 12.5 Å². The molecule has 1 aromatic rings. The number of fused-ring (bicyclic) bond motifs is 1. The maximum atomic E-state index is 9.22. The first-order valence-corrected chi connectivity index (χ1v) is 6.36. The van der Waals surface area contributed by atoms with Gasteiger partial charge in [0.15, 0.2) is 11.5 Å². The zero-order valence-corrected chi connectivity index (χ0v) is 11.0. The molecular formula is C14H18N2O3. The van der Waals surface area contributed by atoms with Gasteiger partial charge in [0.05, 0.1) is 6.07 Å². The van der Waals surface area contributed by atoms with E-state index in [0.29, 0.717) is 25.6 Å². The summed E-state index contributed by atoms with van der Waals surface area (Å²) in [5.41, 5.74) is 0.893. The summed E-state index contributed by atoms with van der Waals surface area (Å²) in [4.78, 5) is 0. The largest absolute Gasteiger partial charge is 0.486 e. The highest BCUT2D eigenvalue weighted by atomic mass is 16.6. The van der Waals surface area contributed by atoms with Gasteiger partial charge in [0, 0.05) is 13.7 Å². The normalized spacial score (nSPS) is 14.7. The van der Waals surface area contributed by atoms with Crippen LogP contribution >= 0.6 is 0 Å². The fourth-order valence-electron chi connectivity index (χ4n) is 1.94. The van der Waals surface area contributed by atoms with Gasteiger partial charge in [-0.2, -0.15) is 5.26 Å². The lowest BCUT2D eigenvalue weighted by atomic mass is 10.1. The van der Waals surface area contributed by atoms with Gasteiger partial charge in [-0.25, -0.2) is 0 Å². The Labute approximate surface area is 113 Å². The molecule has 0 aliphatic carbocycles. The van der Waals surface area contributed by atoms with E-state index in [4.69, 9.17) is 14.2 Å². The van der Waals surface area contributed by atoms with Crippen molar-refractivity contribution < 1.29 is 14.2 Å². The maximum Gasteiger partial charge on any atom is 0.161 e. The highest BCUT2D eigenvalue weighted by Crippen LogP contribution is 2.32. The van der Waals surface area contributed by atoms with Crippen LogP contribution in [0.1, 0.15) is 18.0 Å². The quantitative estimate of drug-likeness (QED) is 0.790. The average Bonchev–Trinajstić information content (AvgIpc) is 2.47. The van der Waals surface area contributed by atoms with Crippen LogP contribution in [0.5, 0.6) is 11.5 Å². The van der Waals surface area contributed by atoms with Gasteiger partial charge >= 0.3 is 0 Å². The minimum Gasteiger partial charge on any atom is -0.486 e. The molecule has 0 saturated carbocycles. The third-order valence-corrected chi connectivity index (χ3v) is 2.90. The predicted octanol–water partition coefficient (Wildman–Crippen LogP) is 1.65. The number of methoxy groups -OCH3 is 1. The summed E-state index contributed by atoms with van der Waals surface area (Å²) in [6.07, 6.45) is 0.874. The van der Waals surface area contributed by atoms with Crippen LogP contribution < -0.4 is 14.8 Å². The summed E-state index contributed by atoms with van der Waals surface area (Å²) in [7, 11) is 1.67. The number of hydrogen-bond donors (Lipinski definition) is 1. The molecule has 1 unspecified atom stereocenters. The number of nitriles is 1. The van der Waals surface area contributed by atoms with Gasteiger partial charge in [0.1, 0.15) is 19.3 Å². The number of benzene rings is 1. The summed E-state index contributed by atoms with van der Waals surface area (Å²) >= 11 is 0. The van der Waals surface area contributed by atoms with Crippen LogP contribution in [-0.4, -0.2) is 33.5 Å². The monoisotopic (exact) mass is 262 g/mol. The van der Waals surface area contributed by atoms with Crippen molar-refractivity contribution in [1.29, 1.82) is 5.26 Å². The highest BCUT2D eigenvalue weighted by Gasteiger charge is 2.16. The van der Waals surface area contributed by atoms with Crippen LogP contribution in [0.2, 0.25) is 0 Å². The van der Waals surface area contributed by atoms with Crippen LogP contribution in [0.4, 0.5) is 0 Å². The topological polar surface area (TPSA) is 63.5 Å². The van der Waals surface area contributed by atoms with E-state index in [0.717, 1.165) is 24.3 Å². The van der Waals surface area contributed by atoms with Gasteiger partial charge < -0.3 is 14.2 Å². The van der Waals surface area contributed by atoms with E-state index in [9.17, 15) is 5.26 Å². The second-order valence-corrected chi connectivity index (χ2v) is 4.27. The smallest absolute Gasteiger partial charge is 0.161 e. The molecule has 1 N–H and O–H groups in total. The minimum atomic E-state index is -0.340. The Bertz CT molecular complexity index is 456. The molecule has 5 heteroatoms. The fourth-order valence-corrected chi connectivity index (χ4v) is 1.94. The molecule has 1 aliphatic heterocycles. The van der Waals surface area contributed by atoms with Crippen molar-refractivity contribution in [2.75, 3.05) is 33.5 Å². The summed E-state index contributed by atoms with van der Waals surface area (Å²) in [6, 6.07) is 7.53. The molecule has 0 bridgehead atoms. The van der Waals surface area contributed by atoms with Gasteiger partial charge in [-0.3, -0.25) is 5.32 Å². The van der Waals surface area contributed by atoms with Crippen molar-refractivity contribution >= 4 is 0 Å². The first kappa shape index (κ1) is 13.7. The van der Waals surface area contributed by atoms with E-state index < -0.39 is 0 Å². The van der Waals surface area contributed by atoms with E-state index in [1.807, 2.05) is 18.2 Å². The summed E-state index contributed by atoms with van der Waals surface area (Å²) in [5, 5.41) is 12.4. The first-order chi connectivity index (χ1) is 9.35. The van der Waals surface area contributed by atoms with Crippen LogP contribution in [-0.2, 0) is 4.74 Å². The lowest BCUT2D eigenvalue weighted by Gasteiger charge is -2.20. The molecule has 0 amide bonds. The molecule has 5 nitrogen and oxygen atoms in total. The first-order valence-electron chi connectivity index (χ1n) is 6.36. The van der Waals surface area contributed by atoms with Crippen molar-refractivity contribution in [3.63, 3.8) is 0 Å². The molecular weight excluding hydrogens is 244 g/mol. The lowest BCUT2D eigenvalue weighted by molar-refractivity contribution is 0.171. The molecule has 0 spiro atoms. The van der Waals surface area contributed by atoms with Crippen LogP contribution in [0.25, 0.3) is 0 Å². The molecule has 0 aromatic heterocycles. The molecule has 1 atom stereocenters. The molecule has 19 heavy (non-hydrogen) atoms. The molecule has 2 rings (SSSR count). The van der Waals surface area contributed by atoms with E-state index >= 15 is 0 Å². The lowest BCUT2D eigenvalue weighted by Crippen LogP contribution is -2.22. The van der Waals surface area contributed by atoms with Gasteiger partial charge in [-0.1, -0.05) is 6.07 Å². The van der Waals surface area contributed by atoms with Crippen molar-refractivity contribution in [2.24, 2.45) is 0 Å². The molecule has 1 aliphatic rings. The fraction of sp³-hybridized carbons (Fsp3) is 0.500. The van der Waals surface area contributed by atoms with Crippen LogP contribution in [0, 0.1) is 11.3 Å². The molecule has 0 radical (unpaired) electrons. The summed E-state index contributed by atoms with van der Waals surface area (Å²) in [5.74, 6) is 1.45. The molecule has 102 valence electrons. The summed E-state index contributed by atoms with van der Waals surface area (Å²) < 4.78 is 16.0. The highest BCUT2D eigenvalue weighted by molar-refractivity contribution is 5.45. The van der Waals surface area contributed by atoms with E-state index in [2.05, 4.69) is 11.4 Å². The Hall–Kier alpha value is -1.77. The molecule has 0 fully saturated rings.